The van der Waals surface area contributed by atoms with Gasteiger partial charge in [-0.15, -0.1) is 0 Å². The minimum atomic E-state index is -0.124. The van der Waals surface area contributed by atoms with Gasteiger partial charge in [0.05, 0.1) is 0 Å². The predicted molar refractivity (Wildman–Crippen MR) is 123 cm³/mol. The lowest BCUT2D eigenvalue weighted by Gasteiger charge is -2.45. The normalized spacial score (nSPS) is 24.0. The molecular weight excluding hydrogens is 382 g/mol. The number of primary amides is 1. The van der Waals surface area contributed by atoms with Crippen molar-refractivity contribution in [1.29, 1.82) is 0 Å². The van der Waals surface area contributed by atoms with E-state index in [4.69, 9.17) is 10.7 Å². The van der Waals surface area contributed by atoms with Crippen LogP contribution in [0.3, 0.4) is 0 Å². The molecule has 3 rings (SSSR count). The van der Waals surface area contributed by atoms with Crippen LogP contribution >= 0.6 is 11.8 Å². The molecule has 1 aliphatic carbocycles. The van der Waals surface area contributed by atoms with Gasteiger partial charge in [0.1, 0.15) is 0 Å². The molecule has 0 bridgehead atoms. The summed E-state index contributed by atoms with van der Waals surface area (Å²) in [7, 11) is 0. The Kier molecular flexibility index (Phi) is 8.97. The molecule has 2 heterocycles. The Morgan fingerprint density at radius 2 is 1.93 bits per heavy atom. The topological polar surface area (TPSA) is 74.0 Å². The zero-order valence-corrected chi connectivity index (χ0v) is 19.2. The lowest BCUT2D eigenvalue weighted by atomic mass is 9.87. The molecular formula is C22H41N5OS. The molecule has 0 aromatic rings. The van der Waals surface area contributed by atoms with Gasteiger partial charge < -0.3 is 20.9 Å². The highest BCUT2D eigenvalue weighted by Crippen LogP contribution is 2.42. The molecule has 1 saturated carbocycles. The maximum absolute atomic E-state index is 11.3. The molecule has 2 aliphatic heterocycles. The summed E-state index contributed by atoms with van der Waals surface area (Å²) in [5.74, 6) is 2.32. The van der Waals surface area contributed by atoms with Crippen molar-refractivity contribution in [3.8, 4) is 0 Å². The number of carbonyl (C=O) groups is 1. The molecule has 166 valence electrons. The van der Waals surface area contributed by atoms with Crippen LogP contribution in [0.25, 0.3) is 0 Å². The van der Waals surface area contributed by atoms with Crippen LogP contribution in [0.1, 0.15) is 64.7 Å². The number of nitrogens with one attached hydrogen (secondary N) is 1. The Balaban J connectivity index is 1.40. The fourth-order valence-corrected chi connectivity index (χ4v) is 6.59. The number of unbranched alkanes of at least 4 members (excludes halogenated alkanes) is 1. The molecule has 1 amide bonds. The molecule has 7 heteroatoms. The maximum atomic E-state index is 11.3. The van der Waals surface area contributed by atoms with E-state index in [9.17, 15) is 4.79 Å². The third-order valence-corrected chi connectivity index (χ3v) is 8.32. The van der Waals surface area contributed by atoms with Crippen molar-refractivity contribution in [3.63, 3.8) is 0 Å². The lowest BCUT2D eigenvalue weighted by Crippen LogP contribution is -2.53. The number of likely N-dealkylation sites (tertiary alicyclic amines) is 1. The van der Waals surface area contributed by atoms with E-state index in [1.165, 1.54) is 44.3 Å². The Morgan fingerprint density at radius 3 is 2.62 bits per heavy atom. The number of thioether (sulfide) groups is 1. The molecule has 29 heavy (non-hydrogen) atoms. The standard InChI is InChI=1S/C22H41N5OS/c1-2-24-21(27-16-17-29-22(18-27)10-4-3-5-11-22)25-12-6-7-13-26-14-8-19(9-15-26)20(23)28/h19H,2-18H2,1H3,(H2,23,28)(H,24,25). The largest absolute Gasteiger partial charge is 0.369 e. The van der Waals surface area contributed by atoms with Crippen molar-refractivity contribution in [2.45, 2.75) is 69.5 Å². The van der Waals surface area contributed by atoms with Crippen molar-refractivity contribution < 1.29 is 4.79 Å². The third kappa shape index (κ3) is 6.78. The van der Waals surface area contributed by atoms with Crippen LogP contribution in [-0.2, 0) is 4.79 Å². The summed E-state index contributed by atoms with van der Waals surface area (Å²) in [5.41, 5.74) is 5.43. The summed E-state index contributed by atoms with van der Waals surface area (Å²) in [5, 5.41) is 3.54. The first-order valence-electron chi connectivity index (χ1n) is 11.8. The Bertz CT molecular complexity index is 536. The van der Waals surface area contributed by atoms with Crippen LogP contribution in [0, 0.1) is 5.92 Å². The number of guanidine groups is 1. The van der Waals surface area contributed by atoms with Gasteiger partial charge in [0.25, 0.3) is 0 Å². The van der Waals surface area contributed by atoms with E-state index in [0.717, 1.165) is 71.0 Å². The molecule has 0 atom stereocenters. The molecule has 3 aliphatic rings. The summed E-state index contributed by atoms with van der Waals surface area (Å²) >= 11 is 2.22. The zero-order chi connectivity index (χ0) is 20.5. The van der Waals surface area contributed by atoms with Gasteiger partial charge in [-0.25, -0.2) is 0 Å². The van der Waals surface area contributed by atoms with Crippen LogP contribution in [0.4, 0.5) is 0 Å². The number of aliphatic imine (C=N–C) groups is 1. The van der Waals surface area contributed by atoms with E-state index >= 15 is 0 Å². The molecule has 1 spiro atoms. The van der Waals surface area contributed by atoms with E-state index < -0.39 is 0 Å². The van der Waals surface area contributed by atoms with E-state index in [1.54, 1.807) is 0 Å². The highest BCUT2D eigenvalue weighted by atomic mass is 32.2. The van der Waals surface area contributed by atoms with E-state index in [-0.39, 0.29) is 11.8 Å². The van der Waals surface area contributed by atoms with Crippen molar-refractivity contribution in [3.05, 3.63) is 0 Å². The Labute approximate surface area is 181 Å². The summed E-state index contributed by atoms with van der Waals surface area (Å²) in [6.45, 7) is 9.41. The van der Waals surface area contributed by atoms with E-state index in [0.29, 0.717) is 4.75 Å². The second-order valence-corrected chi connectivity index (χ2v) is 10.5. The second-order valence-electron chi connectivity index (χ2n) is 8.97. The summed E-state index contributed by atoms with van der Waals surface area (Å²) in [6.07, 6.45) is 11.1. The Hall–Kier alpha value is -0.950. The monoisotopic (exact) mass is 423 g/mol. The van der Waals surface area contributed by atoms with Gasteiger partial charge in [-0.05, 0) is 65.1 Å². The number of hydrogen-bond donors (Lipinski definition) is 2. The average Bonchev–Trinajstić information content (AvgIpc) is 2.73. The van der Waals surface area contributed by atoms with Crippen LogP contribution in [0.2, 0.25) is 0 Å². The van der Waals surface area contributed by atoms with Gasteiger partial charge in [-0.3, -0.25) is 9.79 Å². The minimum absolute atomic E-state index is 0.0914. The highest BCUT2D eigenvalue weighted by molar-refractivity contribution is 8.00. The number of hydrogen-bond acceptors (Lipinski definition) is 4. The molecule has 2 saturated heterocycles. The van der Waals surface area contributed by atoms with Gasteiger partial charge in [0, 0.05) is 42.6 Å². The molecule has 0 aromatic carbocycles. The van der Waals surface area contributed by atoms with Crippen molar-refractivity contribution in [2.75, 3.05) is 51.6 Å². The van der Waals surface area contributed by atoms with Crippen LogP contribution in [-0.4, -0.2) is 78.0 Å². The first kappa shape index (κ1) is 22.7. The number of carbonyl (C=O) groups excluding carboxylic acids is 1. The number of piperidine rings is 1. The zero-order valence-electron chi connectivity index (χ0n) is 18.3. The number of rotatable bonds is 7. The summed E-state index contributed by atoms with van der Waals surface area (Å²) < 4.78 is 0.476. The van der Waals surface area contributed by atoms with Crippen molar-refractivity contribution in [1.82, 2.24) is 15.1 Å². The van der Waals surface area contributed by atoms with Crippen LogP contribution in [0.15, 0.2) is 4.99 Å². The fraction of sp³-hybridized carbons (Fsp3) is 0.909. The van der Waals surface area contributed by atoms with E-state index in [2.05, 4.69) is 33.8 Å². The quantitative estimate of drug-likeness (QED) is 0.374. The van der Waals surface area contributed by atoms with Crippen molar-refractivity contribution in [2.24, 2.45) is 16.6 Å². The molecule has 0 aromatic heterocycles. The SMILES string of the molecule is CCNC(=NCCCCN1CCC(C(N)=O)CC1)N1CCSC2(CCCCC2)C1. The Morgan fingerprint density at radius 1 is 1.17 bits per heavy atom. The molecule has 6 nitrogen and oxygen atoms in total. The molecule has 0 radical (unpaired) electrons. The number of nitrogens with two attached hydrogens (primary N) is 1. The predicted octanol–water partition coefficient (Wildman–Crippen LogP) is 2.68. The van der Waals surface area contributed by atoms with Gasteiger partial charge in [-0.2, -0.15) is 11.8 Å². The van der Waals surface area contributed by atoms with E-state index in [1.807, 2.05) is 0 Å². The minimum Gasteiger partial charge on any atom is -0.369 e. The van der Waals surface area contributed by atoms with Gasteiger partial charge in [0.2, 0.25) is 5.91 Å². The maximum Gasteiger partial charge on any atom is 0.220 e. The third-order valence-electron chi connectivity index (χ3n) is 6.78. The van der Waals surface area contributed by atoms with Crippen LogP contribution < -0.4 is 11.1 Å². The van der Waals surface area contributed by atoms with Gasteiger partial charge >= 0.3 is 0 Å². The number of nitrogens with zero attached hydrogens (tertiary/aromatic N) is 3. The van der Waals surface area contributed by atoms with Gasteiger partial charge in [-0.1, -0.05) is 19.3 Å². The van der Waals surface area contributed by atoms with Crippen LogP contribution in [0.5, 0.6) is 0 Å². The lowest BCUT2D eigenvalue weighted by molar-refractivity contribution is -0.123. The second kappa shape index (κ2) is 11.4. The average molecular weight is 424 g/mol. The van der Waals surface area contributed by atoms with Crippen molar-refractivity contribution >= 4 is 23.6 Å². The number of amides is 1. The first-order valence-corrected chi connectivity index (χ1v) is 12.8. The smallest absolute Gasteiger partial charge is 0.220 e. The summed E-state index contributed by atoms with van der Waals surface area (Å²) in [6, 6.07) is 0. The summed E-state index contributed by atoms with van der Waals surface area (Å²) in [4.78, 5) is 21.3. The fourth-order valence-electron chi connectivity index (χ4n) is 5.02. The molecule has 3 fully saturated rings. The molecule has 0 unspecified atom stereocenters. The molecule has 3 N–H and O–H groups in total. The first-order chi connectivity index (χ1) is 14.1. The van der Waals surface area contributed by atoms with Gasteiger partial charge in [0.15, 0.2) is 5.96 Å². The highest BCUT2D eigenvalue weighted by Gasteiger charge is 2.38.